The molecule has 0 radical (unpaired) electrons. The Hall–Kier alpha value is -2.45. The summed E-state index contributed by atoms with van der Waals surface area (Å²) in [6, 6.07) is 2.80. The first-order valence-corrected chi connectivity index (χ1v) is 6.71. The number of alkyl halides is 3. The van der Waals surface area contributed by atoms with Gasteiger partial charge in [-0.2, -0.15) is 13.2 Å². The van der Waals surface area contributed by atoms with Crippen LogP contribution in [0, 0.1) is 0 Å². The van der Waals surface area contributed by atoms with Gasteiger partial charge in [-0.05, 0) is 24.1 Å². The van der Waals surface area contributed by atoms with Gasteiger partial charge in [0.1, 0.15) is 5.75 Å². The summed E-state index contributed by atoms with van der Waals surface area (Å²) in [6.45, 7) is -0.198. The summed E-state index contributed by atoms with van der Waals surface area (Å²) in [6.07, 6.45) is -4.43. The van der Waals surface area contributed by atoms with E-state index in [1.807, 2.05) is 0 Å². The zero-order valence-electron chi connectivity index (χ0n) is 12.4. The van der Waals surface area contributed by atoms with Crippen LogP contribution in [-0.2, 0) is 17.5 Å². The molecule has 128 valence electrons. The van der Waals surface area contributed by atoms with Crippen molar-refractivity contribution < 1.29 is 32.6 Å². The second kappa shape index (κ2) is 8.25. The molecule has 0 aliphatic carbocycles. The van der Waals surface area contributed by atoms with Gasteiger partial charge in [-0.3, -0.25) is 4.79 Å². The molecule has 0 saturated heterocycles. The van der Waals surface area contributed by atoms with E-state index in [1.165, 1.54) is 19.2 Å². The minimum absolute atomic E-state index is 0.0687. The van der Waals surface area contributed by atoms with Gasteiger partial charge < -0.3 is 20.5 Å². The summed E-state index contributed by atoms with van der Waals surface area (Å²) in [5.41, 5.74) is -0.984. The second-order valence-electron chi connectivity index (χ2n) is 4.63. The van der Waals surface area contributed by atoms with Gasteiger partial charge in [-0.1, -0.05) is 6.07 Å². The highest BCUT2D eigenvalue weighted by atomic mass is 19.4. The van der Waals surface area contributed by atoms with Gasteiger partial charge >= 0.3 is 18.2 Å². The average molecular weight is 334 g/mol. The van der Waals surface area contributed by atoms with Gasteiger partial charge in [-0.25, -0.2) is 4.79 Å². The predicted octanol–water partition coefficient (Wildman–Crippen LogP) is 2.38. The molecule has 0 aromatic heterocycles. The van der Waals surface area contributed by atoms with E-state index in [-0.39, 0.29) is 37.2 Å². The first-order valence-electron chi connectivity index (χ1n) is 6.71. The normalized spacial score (nSPS) is 11.0. The SMILES string of the molecule is COc1ccc(CNC(=O)NCCCC(=O)O)c(C(F)(F)F)c1. The largest absolute Gasteiger partial charge is 0.497 e. The summed E-state index contributed by atoms with van der Waals surface area (Å²) in [7, 11) is 1.26. The van der Waals surface area contributed by atoms with E-state index in [9.17, 15) is 22.8 Å². The minimum Gasteiger partial charge on any atom is -0.497 e. The number of ether oxygens (including phenoxy) is 1. The van der Waals surface area contributed by atoms with Crippen LogP contribution in [0.3, 0.4) is 0 Å². The molecule has 1 aromatic carbocycles. The van der Waals surface area contributed by atoms with Crippen LogP contribution in [0.4, 0.5) is 18.0 Å². The van der Waals surface area contributed by atoms with E-state index in [2.05, 4.69) is 10.6 Å². The van der Waals surface area contributed by atoms with Gasteiger partial charge in [-0.15, -0.1) is 0 Å². The lowest BCUT2D eigenvalue weighted by Gasteiger charge is -2.15. The van der Waals surface area contributed by atoms with E-state index < -0.39 is 23.7 Å². The van der Waals surface area contributed by atoms with E-state index in [0.717, 1.165) is 6.07 Å². The lowest BCUT2D eigenvalue weighted by Crippen LogP contribution is -2.36. The number of hydrogen-bond donors (Lipinski definition) is 3. The number of carbonyl (C=O) groups excluding carboxylic acids is 1. The number of carboxylic acids is 1. The molecule has 0 spiro atoms. The molecular weight excluding hydrogens is 317 g/mol. The van der Waals surface area contributed by atoms with Crippen LogP contribution in [0.25, 0.3) is 0 Å². The molecule has 6 nitrogen and oxygen atoms in total. The monoisotopic (exact) mass is 334 g/mol. The molecule has 1 rings (SSSR count). The Kier molecular flexibility index (Phi) is 6.67. The highest BCUT2D eigenvalue weighted by Crippen LogP contribution is 2.34. The number of halogens is 3. The highest BCUT2D eigenvalue weighted by Gasteiger charge is 2.33. The maximum Gasteiger partial charge on any atom is 0.416 e. The number of aliphatic carboxylic acids is 1. The molecule has 2 amide bonds. The number of benzene rings is 1. The molecule has 0 aliphatic rings. The van der Waals surface area contributed by atoms with Crippen molar-refractivity contribution in [1.82, 2.24) is 10.6 Å². The fourth-order valence-electron chi connectivity index (χ4n) is 1.78. The van der Waals surface area contributed by atoms with Crippen molar-refractivity contribution in [2.45, 2.75) is 25.6 Å². The second-order valence-corrected chi connectivity index (χ2v) is 4.63. The van der Waals surface area contributed by atoms with Gasteiger partial charge in [0, 0.05) is 19.5 Å². The van der Waals surface area contributed by atoms with Crippen LogP contribution in [0.5, 0.6) is 5.75 Å². The smallest absolute Gasteiger partial charge is 0.416 e. The van der Waals surface area contributed by atoms with E-state index in [4.69, 9.17) is 9.84 Å². The van der Waals surface area contributed by atoms with Crippen LogP contribution in [0.2, 0.25) is 0 Å². The third-order valence-electron chi connectivity index (χ3n) is 2.91. The topological polar surface area (TPSA) is 87.7 Å². The van der Waals surface area contributed by atoms with E-state index in [0.29, 0.717) is 0 Å². The molecule has 1 aromatic rings. The van der Waals surface area contributed by atoms with Crippen LogP contribution in [0.1, 0.15) is 24.0 Å². The van der Waals surface area contributed by atoms with Crippen molar-refractivity contribution in [2.24, 2.45) is 0 Å². The molecule has 9 heteroatoms. The summed E-state index contributed by atoms with van der Waals surface area (Å²) < 4.78 is 43.7. The minimum atomic E-state index is -4.57. The van der Waals surface area contributed by atoms with E-state index >= 15 is 0 Å². The van der Waals surface area contributed by atoms with Crippen LogP contribution < -0.4 is 15.4 Å². The number of urea groups is 1. The lowest BCUT2D eigenvalue weighted by atomic mass is 10.1. The molecule has 0 unspecified atom stereocenters. The number of hydrogen-bond acceptors (Lipinski definition) is 3. The Morgan fingerprint density at radius 1 is 1.26 bits per heavy atom. The van der Waals surface area contributed by atoms with Crippen molar-refractivity contribution in [3.63, 3.8) is 0 Å². The Morgan fingerprint density at radius 3 is 2.52 bits per heavy atom. The molecule has 0 bridgehead atoms. The summed E-state index contributed by atoms with van der Waals surface area (Å²) >= 11 is 0. The van der Waals surface area contributed by atoms with Crippen LogP contribution in [-0.4, -0.2) is 30.8 Å². The average Bonchev–Trinajstić information content (AvgIpc) is 2.48. The Balaban J connectivity index is 2.60. The molecule has 0 saturated carbocycles. The summed E-state index contributed by atoms with van der Waals surface area (Å²) in [5, 5.41) is 13.1. The van der Waals surface area contributed by atoms with Crippen molar-refractivity contribution in [2.75, 3.05) is 13.7 Å². The van der Waals surface area contributed by atoms with Crippen LogP contribution >= 0.6 is 0 Å². The zero-order valence-corrected chi connectivity index (χ0v) is 12.4. The van der Waals surface area contributed by atoms with Crippen molar-refractivity contribution in [3.05, 3.63) is 29.3 Å². The number of methoxy groups -OCH3 is 1. The van der Waals surface area contributed by atoms with Crippen molar-refractivity contribution in [3.8, 4) is 5.75 Å². The first kappa shape index (κ1) is 18.6. The number of amides is 2. The molecule has 0 fully saturated rings. The van der Waals surface area contributed by atoms with Crippen LogP contribution in [0.15, 0.2) is 18.2 Å². The number of nitrogens with one attached hydrogen (secondary N) is 2. The highest BCUT2D eigenvalue weighted by molar-refractivity contribution is 5.74. The lowest BCUT2D eigenvalue weighted by molar-refractivity contribution is -0.138. The number of rotatable bonds is 7. The number of carboxylic acid groups (broad SMARTS) is 1. The Bertz CT molecular complexity index is 561. The summed E-state index contributed by atoms with van der Waals surface area (Å²) in [5.74, 6) is -0.917. The van der Waals surface area contributed by atoms with Crippen molar-refractivity contribution >= 4 is 12.0 Å². The van der Waals surface area contributed by atoms with Gasteiger partial charge in [0.25, 0.3) is 0 Å². The quantitative estimate of drug-likeness (QED) is 0.668. The summed E-state index contributed by atoms with van der Waals surface area (Å²) in [4.78, 5) is 21.8. The predicted molar refractivity (Wildman–Crippen MR) is 75.1 cm³/mol. The maximum absolute atomic E-state index is 13.0. The van der Waals surface area contributed by atoms with Gasteiger partial charge in [0.15, 0.2) is 0 Å². The van der Waals surface area contributed by atoms with Gasteiger partial charge in [0.2, 0.25) is 0 Å². The molecule has 0 aliphatic heterocycles. The third-order valence-corrected chi connectivity index (χ3v) is 2.91. The van der Waals surface area contributed by atoms with Crippen molar-refractivity contribution in [1.29, 1.82) is 0 Å². The third kappa shape index (κ3) is 6.45. The fourth-order valence-corrected chi connectivity index (χ4v) is 1.78. The Morgan fingerprint density at radius 2 is 1.96 bits per heavy atom. The molecule has 0 heterocycles. The maximum atomic E-state index is 13.0. The van der Waals surface area contributed by atoms with Gasteiger partial charge in [0.05, 0.1) is 12.7 Å². The first-order chi connectivity index (χ1) is 10.7. The molecule has 3 N–H and O–H groups in total. The Labute approximate surface area is 130 Å². The molecule has 0 atom stereocenters. The fraction of sp³-hybridized carbons (Fsp3) is 0.429. The number of carbonyl (C=O) groups is 2. The zero-order chi connectivity index (χ0) is 17.5. The standard InChI is InChI=1S/C14H17F3N2O4/c1-23-10-5-4-9(11(7-10)14(15,16)17)8-19-13(22)18-6-2-3-12(20)21/h4-5,7H,2-3,6,8H2,1H3,(H,20,21)(H2,18,19,22). The molecule has 23 heavy (non-hydrogen) atoms. The van der Waals surface area contributed by atoms with E-state index in [1.54, 1.807) is 0 Å². The molecular formula is C14H17F3N2O4.